The van der Waals surface area contributed by atoms with Crippen LogP contribution in [0.1, 0.15) is 37.8 Å². The summed E-state index contributed by atoms with van der Waals surface area (Å²) in [5.74, 6) is 3.84. The molecule has 0 spiro atoms. The van der Waals surface area contributed by atoms with Crippen molar-refractivity contribution >= 4 is 0 Å². The van der Waals surface area contributed by atoms with Crippen LogP contribution in [0.5, 0.6) is 5.75 Å². The maximum atomic E-state index is 5.78. The van der Waals surface area contributed by atoms with Crippen molar-refractivity contribution in [3.05, 3.63) is 29.8 Å². The Morgan fingerprint density at radius 2 is 2.00 bits per heavy atom. The standard InChI is InChI=1S/C16H23NO/c1-3-18-14-10-5-4-7-13(14)16(17-2)15-11-8-6-9-12(11)15/h4-5,7,10-12,15-17H,3,6,8-9H2,1-2H3. The van der Waals surface area contributed by atoms with Crippen LogP contribution in [0.3, 0.4) is 0 Å². The molecule has 2 aliphatic carbocycles. The molecule has 1 N–H and O–H groups in total. The summed E-state index contributed by atoms with van der Waals surface area (Å²) in [4.78, 5) is 0. The molecule has 0 radical (unpaired) electrons. The fourth-order valence-corrected chi connectivity index (χ4v) is 3.95. The minimum Gasteiger partial charge on any atom is -0.494 e. The van der Waals surface area contributed by atoms with Crippen LogP contribution in [0, 0.1) is 17.8 Å². The fraction of sp³-hybridized carbons (Fsp3) is 0.625. The molecule has 0 aromatic heterocycles. The van der Waals surface area contributed by atoms with Crippen LogP contribution in [-0.2, 0) is 0 Å². The average molecular weight is 245 g/mol. The van der Waals surface area contributed by atoms with Gasteiger partial charge in [0.2, 0.25) is 0 Å². The maximum absolute atomic E-state index is 5.78. The third-order valence-corrected chi connectivity index (χ3v) is 4.72. The number of hydrogen-bond acceptors (Lipinski definition) is 2. The summed E-state index contributed by atoms with van der Waals surface area (Å²) >= 11 is 0. The average Bonchev–Trinajstić information content (AvgIpc) is 2.86. The van der Waals surface area contributed by atoms with Gasteiger partial charge in [-0.15, -0.1) is 0 Å². The lowest BCUT2D eigenvalue weighted by atomic mass is 9.96. The Bertz CT molecular complexity index is 407. The van der Waals surface area contributed by atoms with E-state index < -0.39 is 0 Å². The Labute approximate surface area is 110 Å². The van der Waals surface area contributed by atoms with Crippen molar-refractivity contribution < 1.29 is 4.74 Å². The summed E-state index contributed by atoms with van der Waals surface area (Å²) in [5, 5.41) is 3.53. The van der Waals surface area contributed by atoms with E-state index in [1.54, 1.807) is 0 Å². The first kappa shape index (κ1) is 12.0. The number of ether oxygens (including phenoxy) is 1. The molecular weight excluding hydrogens is 222 g/mol. The molecule has 0 bridgehead atoms. The van der Waals surface area contributed by atoms with Crippen molar-refractivity contribution in [2.75, 3.05) is 13.7 Å². The number of nitrogens with one attached hydrogen (secondary N) is 1. The third-order valence-electron chi connectivity index (χ3n) is 4.72. The van der Waals surface area contributed by atoms with Crippen molar-refractivity contribution in [2.45, 2.75) is 32.2 Å². The van der Waals surface area contributed by atoms with Crippen molar-refractivity contribution in [1.82, 2.24) is 5.32 Å². The van der Waals surface area contributed by atoms with Crippen molar-refractivity contribution in [1.29, 1.82) is 0 Å². The van der Waals surface area contributed by atoms with Gasteiger partial charge in [-0.3, -0.25) is 0 Å². The second-order valence-corrected chi connectivity index (χ2v) is 5.57. The largest absolute Gasteiger partial charge is 0.494 e. The highest BCUT2D eigenvalue weighted by Crippen LogP contribution is 2.62. The highest BCUT2D eigenvalue weighted by atomic mass is 16.5. The normalized spacial score (nSPS) is 30.9. The van der Waals surface area contributed by atoms with Gasteiger partial charge < -0.3 is 10.1 Å². The molecular formula is C16H23NO. The predicted molar refractivity (Wildman–Crippen MR) is 73.7 cm³/mol. The van der Waals surface area contributed by atoms with E-state index in [1.807, 2.05) is 0 Å². The minimum absolute atomic E-state index is 0.475. The van der Waals surface area contributed by atoms with Crippen LogP contribution >= 0.6 is 0 Å². The van der Waals surface area contributed by atoms with E-state index in [0.29, 0.717) is 6.04 Å². The first-order chi connectivity index (χ1) is 8.86. The fourth-order valence-electron chi connectivity index (χ4n) is 3.95. The molecule has 1 aromatic rings. The Morgan fingerprint density at radius 3 is 2.67 bits per heavy atom. The SMILES string of the molecule is CCOc1ccccc1C(NC)C1C2CCCC21. The number of benzene rings is 1. The lowest BCUT2D eigenvalue weighted by Gasteiger charge is -2.21. The lowest BCUT2D eigenvalue weighted by molar-refractivity contribution is 0.326. The molecule has 98 valence electrons. The van der Waals surface area contributed by atoms with Gasteiger partial charge in [-0.1, -0.05) is 24.6 Å². The van der Waals surface area contributed by atoms with Crippen LogP contribution in [-0.4, -0.2) is 13.7 Å². The zero-order valence-corrected chi connectivity index (χ0v) is 11.4. The van der Waals surface area contributed by atoms with E-state index in [1.165, 1.54) is 24.8 Å². The highest BCUT2D eigenvalue weighted by Gasteiger charge is 2.56. The minimum atomic E-state index is 0.475. The molecule has 3 unspecified atom stereocenters. The third kappa shape index (κ3) is 1.93. The van der Waals surface area contributed by atoms with Gasteiger partial charge in [0.15, 0.2) is 0 Å². The first-order valence-corrected chi connectivity index (χ1v) is 7.25. The Balaban J connectivity index is 1.83. The van der Waals surface area contributed by atoms with E-state index in [9.17, 15) is 0 Å². The number of rotatable bonds is 5. The Hall–Kier alpha value is -1.02. The molecule has 2 heteroatoms. The highest BCUT2D eigenvalue weighted by molar-refractivity contribution is 5.37. The Kier molecular flexibility index (Phi) is 3.29. The molecule has 0 aliphatic heterocycles. The predicted octanol–water partition coefficient (Wildman–Crippen LogP) is 3.39. The summed E-state index contributed by atoms with van der Waals surface area (Å²) in [7, 11) is 2.08. The van der Waals surface area contributed by atoms with Gasteiger partial charge in [0.1, 0.15) is 5.75 Å². The molecule has 3 atom stereocenters. The molecule has 0 heterocycles. The van der Waals surface area contributed by atoms with E-state index in [-0.39, 0.29) is 0 Å². The van der Waals surface area contributed by atoms with Gasteiger partial charge in [0.25, 0.3) is 0 Å². The van der Waals surface area contributed by atoms with Gasteiger partial charge in [-0.2, -0.15) is 0 Å². The molecule has 0 saturated heterocycles. The lowest BCUT2D eigenvalue weighted by Crippen LogP contribution is -2.21. The number of hydrogen-bond donors (Lipinski definition) is 1. The summed E-state index contributed by atoms with van der Waals surface area (Å²) in [6, 6.07) is 8.99. The van der Waals surface area contributed by atoms with Crippen molar-refractivity contribution in [3.63, 3.8) is 0 Å². The van der Waals surface area contributed by atoms with Crippen LogP contribution in [0.15, 0.2) is 24.3 Å². The number of para-hydroxylation sites is 1. The quantitative estimate of drug-likeness (QED) is 0.858. The zero-order chi connectivity index (χ0) is 12.5. The van der Waals surface area contributed by atoms with Gasteiger partial charge in [-0.05, 0) is 50.6 Å². The second kappa shape index (κ2) is 4.93. The van der Waals surface area contributed by atoms with E-state index >= 15 is 0 Å². The van der Waals surface area contributed by atoms with Gasteiger partial charge >= 0.3 is 0 Å². The first-order valence-electron chi connectivity index (χ1n) is 7.25. The Morgan fingerprint density at radius 1 is 1.28 bits per heavy atom. The van der Waals surface area contributed by atoms with Crippen molar-refractivity contribution in [2.24, 2.45) is 17.8 Å². The molecule has 2 fully saturated rings. The van der Waals surface area contributed by atoms with Crippen LogP contribution in [0.2, 0.25) is 0 Å². The van der Waals surface area contributed by atoms with Gasteiger partial charge in [0.05, 0.1) is 6.61 Å². The van der Waals surface area contributed by atoms with E-state index in [0.717, 1.165) is 30.1 Å². The smallest absolute Gasteiger partial charge is 0.124 e. The molecule has 18 heavy (non-hydrogen) atoms. The van der Waals surface area contributed by atoms with Gasteiger partial charge in [0, 0.05) is 11.6 Å². The maximum Gasteiger partial charge on any atom is 0.124 e. The molecule has 2 saturated carbocycles. The molecule has 2 nitrogen and oxygen atoms in total. The summed E-state index contributed by atoms with van der Waals surface area (Å²) < 4.78 is 5.78. The molecule has 2 aliphatic rings. The zero-order valence-electron chi connectivity index (χ0n) is 11.4. The van der Waals surface area contributed by atoms with E-state index in [2.05, 4.69) is 43.6 Å². The summed E-state index contributed by atoms with van der Waals surface area (Å²) in [6.07, 6.45) is 4.31. The van der Waals surface area contributed by atoms with E-state index in [4.69, 9.17) is 4.74 Å². The monoisotopic (exact) mass is 245 g/mol. The second-order valence-electron chi connectivity index (χ2n) is 5.57. The molecule has 3 rings (SSSR count). The molecule has 0 amide bonds. The van der Waals surface area contributed by atoms with Crippen LogP contribution in [0.25, 0.3) is 0 Å². The van der Waals surface area contributed by atoms with Crippen molar-refractivity contribution in [3.8, 4) is 5.75 Å². The topological polar surface area (TPSA) is 21.3 Å². The summed E-state index contributed by atoms with van der Waals surface area (Å²) in [5.41, 5.74) is 1.35. The molecule has 1 aromatic carbocycles. The van der Waals surface area contributed by atoms with Crippen LogP contribution < -0.4 is 10.1 Å². The summed E-state index contributed by atoms with van der Waals surface area (Å²) in [6.45, 7) is 2.79. The van der Waals surface area contributed by atoms with Crippen LogP contribution in [0.4, 0.5) is 0 Å². The number of fused-ring (bicyclic) bond motifs is 1. The van der Waals surface area contributed by atoms with Gasteiger partial charge in [-0.25, -0.2) is 0 Å².